The van der Waals surface area contributed by atoms with E-state index in [1.165, 1.54) is 23.1 Å². The number of aromatic nitrogens is 1. The maximum atomic E-state index is 12.5. The highest BCUT2D eigenvalue weighted by atomic mass is 16.6. The van der Waals surface area contributed by atoms with Crippen molar-refractivity contribution in [2.45, 2.75) is 25.7 Å². The van der Waals surface area contributed by atoms with Gasteiger partial charge in [0.2, 0.25) is 5.91 Å². The Morgan fingerprint density at radius 3 is 2.76 bits per heavy atom. The summed E-state index contributed by atoms with van der Waals surface area (Å²) >= 11 is 0. The first-order valence-electron chi connectivity index (χ1n) is 9.84. The van der Waals surface area contributed by atoms with E-state index in [1.807, 2.05) is 13.0 Å². The molecule has 1 saturated heterocycles. The number of non-ortho nitro benzene ring substituents is 1. The van der Waals surface area contributed by atoms with E-state index in [0.717, 1.165) is 37.0 Å². The van der Waals surface area contributed by atoms with Crippen molar-refractivity contribution in [2.24, 2.45) is 0 Å². The van der Waals surface area contributed by atoms with E-state index < -0.39 is 4.92 Å². The number of hydrogen-bond donors (Lipinski definition) is 2. The minimum atomic E-state index is -0.454. The lowest BCUT2D eigenvalue weighted by Crippen LogP contribution is -2.38. The molecule has 0 radical (unpaired) electrons. The number of nitro groups is 1. The fourth-order valence-corrected chi connectivity index (χ4v) is 4.08. The largest absolute Gasteiger partial charge is 0.361 e. The van der Waals surface area contributed by atoms with E-state index in [-0.39, 0.29) is 11.6 Å². The Morgan fingerprint density at radius 2 is 2.00 bits per heavy atom. The number of aryl methyl sites for hydroxylation is 1. The third kappa shape index (κ3) is 4.14. The number of likely N-dealkylation sites (tertiary alicyclic amines) is 1. The Morgan fingerprint density at radius 1 is 1.24 bits per heavy atom. The Hall–Kier alpha value is -3.19. The van der Waals surface area contributed by atoms with Gasteiger partial charge in [-0.3, -0.25) is 19.8 Å². The number of rotatable bonds is 5. The van der Waals surface area contributed by atoms with Crippen molar-refractivity contribution >= 4 is 28.2 Å². The first kappa shape index (κ1) is 19.1. The highest BCUT2D eigenvalue weighted by Gasteiger charge is 2.24. The molecule has 7 heteroatoms. The van der Waals surface area contributed by atoms with Crippen LogP contribution in [0.15, 0.2) is 48.7 Å². The monoisotopic (exact) mass is 392 g/mol. The number of nitro benzene ring substituents is 1. The van der Waals surface area contributed by atoms with Gasteiger partial charge in [0.15, 0.2) is 0 Å². The van der Waals surface area contributed by atoms with Gasteiger partial charge in [-0.1, -0.05) is 24.3 Å². The number of piperidine rings is 1. The summed E-state index contributed by atoms with van der Waals surface area (Å²) in [6.45, 7) is 3.83. The molecule has 0 spiro atoms. The average Bonchev–Trinajstić information content (AvgIpc) is 3.14. The number of anilines is 1. The van der Waals surface area contributed by atoms with E-state index in [9.17, 15) is 14.9 Å². The Bertz CT molecular complexity index is 1050. The van der Waals surface area contributed by atoms with Crippen molar-refractivity contribution in [3.05, 3.63) is 69.9 Å². The number of nitrogens with one attached hydrogen (secondary N) is 2. The quantitative estimate of drug-likeness (QED) is 0.503. The molecule has 2 aromatic carbocycles. The van der Waals surface area contributed by atoms with Crippen LogP contribution in [0.25, 0.3) is 10.9 Å². The van der Waals surface area contributed by atoms with Crippen molar-refractivity contribution in [3.63, 3.8) is 0 Å². The summed E-state index contributed by atoms with van der Waals surface area (Å²) in [6, 6.07) is 12.9. The number of hydrogen-bond acceptors (Lipinski definition) is 4. The minimum absolute atomic E-state index is 0.0227. The zero-order valence-electron chi connectivity index (χ0n) is 16.4. The Kier molecular flexibility index (Phi) is 5.31. The second-order valence-electron chi connectivity index (χ2n) is 7.64. The van der Waals surface area contributed by atoms with Crippen LogP contribution in [0.4, 0.5) is 11.4 Å². The SMILES string of the molecule is Cc1ccc([N+](=O)[O-])cc1NC(=O)CN1CCC(c2c[nH]c3ccccc23)CC1. The van der Waals surface area contributed by atoms with Gasteiger partial charge >= 0.3 is 0 Å². The zero-order chi connectivity index (χ0) is 20.4. The second-order valence-corrected chi connectivity index (χ2v) is 7.64. The maximum Gasteiger partial charge on any atom is 0.271 e. The number of carbonyl (C=O) groups excluding carboxylic acids is 1. The van der Waals surface area contributed by atoms with Gasteiger partial charge in [-0.25, -0.2) is 0 Å². The lowest BCUT2D eigenvalue weighted by molar-refractivity contribution is -0.384. The number of nitrogens with zero attached hydrogens (tertiary/aromatic N) is 2. The molecule has 1 amide bonds. The van der Waals surface area contributed by atoms with E-state index in [2.05, 4.69) is 39.6 Å². The predicted molar refractivity (Wildman–Crippen MR) is 113 cm³/mol. The molecule has 150 valence electrons. The van der Waals surface area contributed by atoms with E-state index in [0.29, 0.717) is 18.2 Å². The highest BCUT2D eigenvalue weighted by Crippen LogP contribution is 2.33. The molecule has 1 aromatic heterocycles. The van der Waals surface area contributed by atoms with Crippen molar-refractivity contribution < 1.29 is 9.72 Å². The average molecular weight is 392 g/mol. The first-order valence-corrected chi connectivity index (χ1v) is 9.84. The number of para-hydroxylation sites is 1. The van der Waals surface area contributed by atoms with Crippen LogP contribution in [0.2, 0.25) is 0 Å². The Balaban J connectivity index is 1.34. The Labute approximate surface area is 168 Å². The lowest BCUT2D eigenvalue weighted by atomic mass is 9.89. The van der Waals surface area contributed by atoms with Gasteiger partial charge in [-0.2, -0.15) is 0 Å². The standard InChI is InChI=1S/C22H24N4O3/c1-15-6-7-17(26(28)29)12-21(15)24-22(27)14-25-10-8-16(9-11-25)19-13-23-20-5-3-2-4-18(19)20/h2-7,12-13,16,23H,8-11,14H2,1H3,(H,24,27). The van der Waals surface area contributed by atoms with Crippen molar-refractivity contribution in [3.8, 4) is 0 Å². The number of carbonyl (C=O) groups is 1. The molecule has 1 fully saturated rings. The third-order valence-corrected chi connectivity index (χ3v) is 5.72. The second kappa shape index (κ2) is 8.05. The summed E-state index contributed by atoms with van der Waals surface area (Å²) < 4.78 is 0. The van der Waals surface area contributed by atoms with Gasteiger partial charge in [0.05, 0.1) is 17.2 Å². The molecular weight excluding hydrogens is 368 g/mol. The van der Waals surface area contributed by atoms with E-state index >= 15 is 0 Å². The van der Waals surface area contributed by atoms with Crippen molar-refractivity contribution in [1.29, 1.82) is 0 Å². The summed E-state index contributed by atoms with van der Waals surface area (Å²) in [5.41, 5.74) is 3.80. The molecular formula is C22H24N4O3. The summed E-state index contributed by atoms with van der Waals surface area (Å²) in [5, 5.41) is 15.1. The van der Waals surface area contributed by atoms with Gasteiger partial charge in [-0.05, 0) is 56.0 Å². The molecule has 4 rings (SSSR count). The molecule has 0 bridgehead atoms. The van der Waals surface area contributed by atoms with E-state index in [1.54, 1.807) is 6.07 Å². The van der Waals surface area contributed by atoms with Gasteiger partial charge in [0.25, 0.3) is 5.69 Å². The molecule has 1 aliphatic rings. The minimum Gasteiger partial charge on any atom is -0.361 e. The molecule has 0 saturated carbocycles. The maximum absolute atomic E-state index is 12.5. The number of amides is 1. The van der Waals surface area contributed by atoms with Crippen LogP contribution >= 0.6 is 0 Å². The smallest absolute Gasteiger partial charge is 0.271 e. The van der Waals surface area contributed by atoms with Crippen LogP contribution in [-0.2, 0) is 4.79 Å². The van der Waals surface area contributed by atoms with Gasteiger partial charge in [0, 0.05) is 29.2 Å². The summed E-state index contributed by atoms with van der Waals surface area (Å²) in [6.07, 6.45) is 4.12. The van der Waals surface area contributed by atoms with Crippen LogP contribution in [0.1, 0.15) is 29.9 Å². The summed E-state index contributed by atoms with van der Waals surface area (Å²) in [5.74, 6) is 0.351. The van der Waals surface area contributed by atoms with Crippen LogP contribution in [0, 0.1) is 17.0 Å². The van der Waals surface area contributed by atoms with Crippen LogP contribution in [0.3, 0.4) is 0 Å². The fraction of sp³-hybridized carbons (Fsp3) is 0.318. The molecule has 3 aromatic rings. The van der Waals surface area contributed by atoms with Gasteiger partial charge in [0.1, 0.15) is 0 Å². The predicted octanol–water partition coefficient (Wildman–Crippen LogP) is 4.20. The molecule has 2 heterocycles. The molecule has 0 aliphatic carbocycles. The third-order valence-electron chi connectivity index (χ3n) is 5.72. The lowest BCUT2D eigenvalue weighted by Gasteiger charge is -2.31. The topological polar surface area (TPSA) is 91.3 Å². The number of benzene rings is 2. The highest BCUT2D eigenvalue weighted by molar-refractivity contribution is 5.93. The number of fused-ring (bicyclic) bond motifs is 1. The first-order chi connectivity index (χ1) is 14.0. The number of aromatic amines is 1. The molecule has 0 atom stereocenters. The van der Waals surface area contributed by atoms with E-state index in [4.69, 9.17) is 0 Å². The fourth-order valence-electron chi connectivity index (χ4n) is 4.08. The van der Waals surface area contributed by atoms with Crippen LogP contribution in [0.5, 0.6) is 0 Å². The van der Waals surface area contributed by atoms with Gasteiger partial charge in [-0.15, -0.1) is 0 Å². The van der Waals surface area contributed by atoms with Crippen molar-refractivity contribution in [1.82, 2.24) is 9.88 Å². The summed E-state index contributed by atoms with van der Waals surface area (Å²) in [7, 11) is 0. The molecule has 7 nitrogen and oxygen atoms in total. The number of H-pyrrole nitrogens is 1. The van der Waals surface area contributed by atoms with Crippen LogP contribution < -0.4 is 5.32 Å². The molecule has 0 unspecified atom stereocenters. The normalized spacial score (nSPS) is 15.5. The molecule has 1 aliphatic heterocycles. The molecule has 29 heavy (non-hydrogen) atoms. The zero-order valence-corrected chi connectivity index (χ0v) is 16.4. The van der Waals surface area contributed by atoms with Gasteiger partial charge < -0.3 is 10.3 Å². The summed E-state index contributed by atoms with van der Waals surface area (Å²) in [4.78, 5) is 28.5. The molecule has 2 N–H and O–H groups in total. The van der Waals surface area contributed by atoms with Crippen LogP contribution in [-0.4, -0.2) is 40.3 Å². The van der Waals surface area contributed by atoms with Crippen molar-refractivity contribution in [2.75, 3.05) is 25.0 Å².